The maximum atomic E-state index is 9.63. The van der Waals surface area contributed by atoms with Crippen molar-refractivity contribution in [3.05, 3.63) is 0 Å². The zero-order valence-electron chi connectivity index (χ0n) is 2.40. The predicted molar refractivity (Wildman–Crippen MR) is 10.2 cm³/mol. The van der Waals surface area contributed by atoms with E-state index in [0.717, 1.165) is 0 Å². The molecule has 4 heavy (non-hydrogen) atoms. The van der Waals surface area contributed by atoms with E-state index in [1.165, 1.54) is 0 Å². The fraction of sp³-hybridized carbons (Fsp3) is 0. The molecule has 0 aliphatic rings. The molecule has 0 saturated heterocycles. The fourth-order valence-corrected chi connectivity index (χ4v) is 0. The van der Waals surface area contributed by atoms with E-state index in [4.69, 9.17) is 0 Å². The first-order chi connectivity index (χ1) is 1.00. The molecule has 0 amide bonds. The Bertz CT molecular complexity index is 8.00. The second-order valence-electron chi connectivity index (χ2n) is 0. The van der Waals surface area contributed by atoms with Crippen molar-refractivity contribution in [3.63, 3.8) is 0 Å². The summed E-state index contributed by atoms with van der Waals surface area (Å²) in [7, 11) is 0. The van der Waals surface area contributed by atoms with E-state index in [1.54, 1.807) is 0 Å². The van der Waals surface area contributed by atoms with E-state index in [-0.39, 0.29) is 60.2 Å². The Morgan fingerprint density at radius 1 is 1.25 bits per heavy atom. The number of hydrogen-bond acceptors (Lipinski definition) is 1. The largest absolute Gasteiger partial charge is 0.870 e. The standard InChI is InChI=1S/FH.Mg.H2O.Y.H/h1H;;1H2;;/q;+1;;+1;/p-2. The van der Waals surface area contributed by atoms with Crippen molar-refractivity contribution in [2.75, 3.05) is 0 Å². The normalized spacial score (nSPS) is 1.00. The van der Waals surface area contributed by atoms with Crippen LogP contribution >= 0.6 is 0 Å². The molecule has 1 nitrogen and oxygen atoms in total. The van der Waals surface area contributed by atoms with E-state index >= 15 is 0 Å². The number of halogens is 1. The summed E-state index contributed by atoms with van der Waals surface area (Å²) in [6.07, 6.45) is 0. The van der Waals surface area contributed by atoms with Crippen LogP contribution in [0.5, 0.6) is 0 Å². The molecule has 0 fully saturated rings. The van der Waals surface area contributed by atoms with Gasteiger partial charge in [0.25, 0.3) is 0 Å². The van der Waals surface area contributed by atoms with Gasteiger partial charge in [0.05, 0.1) is 0 Å². The van der Waals surface area contributed by atoms with Crippen LogP contribution in [0.2, 0.25) is 0 Å². The topological polar surface area (TPSA) is 30.0 Å². The van der Waals surface area contributed by atoms with Gasteiger partial charge in [-0.1, -0.05) is 0 Å². The average molecular weight is 150 g/mol. The third-order valence-electron chi connectivity index (χ3n) is 0. The first-order valence-corrected chi connectivity index (χ1v) is 1.29. The van der Waals surface area contributed by atoms with Crippen molar-refractivity contribution in [2.45, 2.75) is 0 Å². The Morgan fingerprint density at radius 2 is 1.25 bits per heavy atom. The molecule has 4 heteroatoms. The van der Waals surface area contributed by atoms with Gasteiger partial charge in [-0.25, -0.2) is 0 Å². The van der Waals surface area contributed by atoms with Crippen molar-refractivity contribution in [1.29, 1.82) is 0 Å². The van der Waals surface area contributed by atoms with Gasteiger partial charge < -0.3 is 5.48 Å². The van der Waals surface area contributed by atoms with Crippen molar-refractivity contribution < 1.29 is 39.1 Å². The van der Waals surface area contributed by atoms with Gasteiger partial charge in [0.15, 0.2) is 0 Å². The zero-order chi connectivity index (χ0) is 2.00. The van der Waals surface area contributed by atoms with Gasteiger partial charge in [-0.2, -0.15) is 0 Å². The zero-order valence-corrected chi connectivity index (χ0v) is 7.24. The Morgan fingerprint density at radius 3 is 1.25 bits per heavy atom. The van der Waals surface area contributed by atoms with E-state index in [2.05, 4.69) is 0 Å². The minimum atomic E-state index is -0.150. The summed E-state index contributed by atoms with van der Waals surface area (Å²) in [5.74, 6) is 0. The SMILES string of the molecule is [F][Y].[MgH+].[OH-]. The van der Waals surface area contributed by atoms with Crippen molar-refractivity contribution in [3.8, 4) is 0 Å². The minimum absolute atomic E-state index is 0. The van der Waals surface area contributed by atoms with Crippen LogP contribution in [-0.4, -0.2) is 28.5 Å². The Labute approximate surface area is 61.4 Å². The summed E-state index contributed by atoms with van der Waals surface area (Å²) in [6.45, 7) is 0. The molecule has 0 aromatic heterocycles. The third kappa shape index (κ3) is 9.25. The smallest absolute Gasteiger partial charge is 0.870 e. The van der Waals surface area contributed by atoms with Gasteiger partial charge in [0.1, 0.15) is 0 Å². The van der Waals surface area contributed by atoms with Crippen LogP contribution in [0.15, 0.2) is 0 Å². The van der Waals surface area contributed by atoms with Crippen LogP contribution in [0.4, 0.5) is 1.92 Å². The van der Waals surface area contributed by atoms with Crippen molar-refractivity contribution in [2.24, 2.45) is 0 Å². The molecule has 0 aliphatic carbocycles. The monoisotopic (exact) mass is 150 g/mol. The second kappa shape index (κ2) is 21.7. The third-order valence-corrected chi connectivity index (χ3v) is 0. The predicted octanol–water partition coefficient (Wildman–Crippen LogP) is -0.408. The summed E-state index contributed by atoms with van der Waals surface area (Å²) in [5, 5.41) is 0. The Balaban J connectivity index is -0.00000000500. The van der Waals surface area contributed by atoms with E-state index in [1.807, 2.05) is 0 Å². The average Bonchev–Trinajstić information content (AvgIpc) is 1.00. The maximum absolute atomic E-state index is 9.63. The quantitative estimate of drug-likeness (QED) is 0.432. The first-order valence-electron chi connectivity index (χ1n) is 0.218. The fourth-order valence-electron chi connectivity index (χ4n) is 0. The molecular weight excluding hydrogens is 148 g/mol. The maximum Gasteiger partial charge on any atom is -0.870 e. The van der Waals surface area contributed by atoms with Gasteiger partial charge in [-0.05, 0) is 0 Å². The number of hydrogen-bond donors (Lipinski definition) is 0. The molecule has 1 N–H and O–H groups in total. The van der Waals surface area contributed by atoms with Crippen molar-refractivity contribution >= 4 is 23.1 Å². The molecule has 0 aliphatic heterocycles. The van der Waals surface area contributed by atoms with E-state index in [9.17, 15) is 1.92 Å². The van der Waals surface area contributed by atoms with E-state index in [0.29, 0.717) is 0 Å². The van der Waals surface area contributed by atoms with Gasteiger partial charge in [0.2, 0.25) is 0 Å². The second-order valence-corrected chi connectivity index (χ2v) is 0. The van der Waals surface area contributed by atoms with E-state index < -0.39 is 0 Å². The summed E-state index contributed by atoms with van der Waals surface area (Å²) in [6, 6.07) is 0. The summed E-state index contributed by atoms with van der Waals surface area (Å²) in [4.78, 5) is 0. The van der Waals surface area contributed by atoms with Crippen molar-refractivity contribution in [1.82, 2.24) is 0 Å². The molecule has 0 heterocycles. The molecule has 0 aromatic rings. The van der Waals surface area contributed by atoms with Gasteiger partial charge in [-0.3, -0.25) is 0 Å². The summed E-state index contributed by atoms with van der Waals surface area (Å²) >= 11 is -0.150. The number of rotatable bonds is 0. The van der Waals surface area contributed by atoms with Crippen LogP contribution in [0.25, 0.3) is 0 Å². The first kappa shape index (κ1) is 17.1. The molecule has 0 aromatic carbocycles. The summed E-state index contributed by atoms with van der Waals surface area (Å²) < 4.78 is 9.63. The molecule has 0 atom stereocenters. The Hall–Kier alpha value is 1.76. The Kier molecular flexibility index (Phi) is 93.0. The molecule has 0 bridgehead atoms. The van der Waals surface area contributed by atoms with Crippen LogP contribution < -0.4 is 0 Å². The van der Waals surface area contributed by atoms with Crippen LogP contribution in [0, 0.1) is 0 Å². The molecule has 0 radical (unpaired) electrons. The van der Waals surface area contributed by atoms with Crippen LogP contribution in [0.3, 0.4) is 0 Å². The molecule has 0 spiro atoms. The minimum Gasteiger partial charge on any atom is -0.870 e. The molecule has 0 saturated carbocycles. The summed E-state index contributed by atoms with van der Waals surface area (Å²) in [5.41, 5.74) is 0. The van der Waals surface area contributed by atoms with Crippen LogP contribution in [-0.2, 0) is 31.7 Å². The van der Waals surface area contributed by atoms with Gasteiger partial charge in [-0.15, -0.1) is 0 Å². The molecule has 20 valence electrons. The molecular formula is H2FMgOY. The molecule has 0 unspecified atom stereocenters. The van der Waals surface area contributed by atoms with Gasteiger partial charge in [0, 0.05) is 0 Å². The van der Waals surface area contributed by atoms with Gasteiger partial charge >= 0.3 is 56.6 Å². The molecule has 0 rings (SSSR count). The van der Waals surface area contributed by atoms with Crippen LogP contribution in [0.1, 0.15) is 0 Å².